The van der Waals surface area contributed by atoms with Crippen LogP contribution in [0.4, 0.5) is 0 Å². The van der Waals surface area contributed by atoms with E-state index in [-0.39, 0.29) is 54.5 Å². The predicted octanol–water partition coefficient (Wildman–Crippen LogP) is 5.19. The molecule has 0 aromatic carbocycles. The molecule has 64 heavy (non-hydrogen) atoms. The van der Waals surface area contributed by atoms with Gasteiger partial charge in [0.05, 0.1) is 24.4 Å². The highest BCUT2D eigenvalue weighted by molar-refractivity contribution is 5.89. The zero-order valence-electron chi connectivity index (χ0n) is 39.6. The molecule has 3 unspecified atom stereocenters. The summed E-state index contributed by atoms with van der Waals surface area (Å²) in [5.41, 5.74) is 1.31. The summed E-state index contributed by atoms with van der Waals surface area (Å²) in [6, 6.07) is -1.06. The summed E-state index contributed by atoms with van der Waals surface area (Å²) in [5, 5.41) is 46.0. The van der Waals surface area contributed by atoms with Crippen molar-refractivity contribution in [2.24, 2.45) is 41.4 Å². The van der Waals surface area contributed by atoms with Crippen molar-refractivity contribution in [2.75, 3.05) is 27.9 Å². The third kappa shape index (κ3) is 12.1. The molecular formula is C50H77NO13. The van der Waals surface area contributed by atoms with Crippen LogP contribution in [0.1, 0.15) is 112 Å². The first kappa shape index (κ1) is 51.9. The van der Waals surface area contributed by atoms with Gasteiger partial charge in [-0.25, -0.2) is 4.79 Å². The van der Waals surface area contributed by atoms with Gasteiger partial charge in [-0.1, -0.05) is 64.2 Å². The first-order chi connectivity index (χ1) is 30.3. The van der Waals surface area contributed by atoms with Crippen LogP contribution in [0.2, 0.25) is 0 Å². The number of allylic oxidation sites excluding steroid dienone is 6. The van der Waals surface area contributed by atoms with Gasteiger partial charge in [-0.3, -0.25) is 14.4 Å². The van der Waals surface area contributed by atoms with E-state index >= 15 is 0 Å². The van der Waals surface area contributed by atoms with Gasteiger partial charge in [-0.15, -0.1) is 0 Å². The average Bonchev–Trinajstić information content (AvgIpc) is 3.27. The molecule has 0 radical (unpaired) electrons. The molecule has 1 saturated carbocycles. The molecule has 17 atom stereocenters. The molecule has 1 amide bonds. The van der Waals surface area contributed by atoms with E-state index in [0.717, 1.165) is 5.57 Å². The minimum Gasteiger partial charge on any atom is -0.460 e. The van der Waals surface area contributed by atoms with Gasteiger partial charge >= 0.3 is 5.97 Å². The fourth-order valence-corrected chi connectivity index (χ4v) is 11.1. The molecule has 1 aliphatic carbocycles. The van der Waals surface area contributed by atoms with E-state index in [1.54, 1.807) is 41.1 Å². The number of fused-ring (bicyclic) bond motifs is 4. The zero-order valence-corrected chi connectivity index (χ0v) is 39.6. The van der Waals surface area contributed by atoms with Gasteiger partial charge in [0.2, 0.25) is 5.79 Å². The molecule has 5 aliphatic rings. The third-order valence-electron chi connectivity index (χ3n) is 15.1. The number of esters is 1. The van der Waals surface area contributed by atoms with Crippen molar-refractivity contribution in [2.45, 2.75) is 173 Å². The quantitative estimate of drug-likeness (QED) is 0.208. The Morgan fingerprint density at radius 2 is 1.58 bits per heavy atom. The highest BCUT2D eigenvalue weighted by atomic mass is 16.6. The number of hydrogen-bond acceptors (Lipinski definition) is 13. The standard InChI is InChI=1S/C50H77NO13/c1-28-14-11-10-12-15-29(2)40(60-7)26-35-19-17-33(6)50(59,64-35)47(56)48(57)51-21-13-16-36-37(24-34-18-20-38(52)42(25-34)61-8)41(63-49(58)43(36)51)27-39(53)30(3)23-32(5)45(55)46(62-9)44(54)31(4)22-28/h10-12,14-15,23,28,30-31,33-38,40-43,45-47,52,55-56,59H,13,16-22,24-27H2,1-9H3/b12-10+,14-11+,29-15+,32-23+/t28?,30?,31-,33-,34+,35+,36-,37?,38-,40+,41+,42-,43+,45-,46+,47-,50-/m1/s1. The Kier molecular flexibility index (Phi) is 18.7. The first-order valence-electron chi connectivity index (χ1n) is 23.6. The van der Waals surface area contributed by atoms with Crippen LogP contribution in [0.3, 0.4) is 0 Å². The summed E-state index contributed by atoms with van der Waals surface area (Å²) in [6.45, 7) is 11.0. The van der Waals surface area contributed by atoms with Crippen LogP contribution in [-0.4, -0.2) is 137 Å². The van der Waals surface area contributed by atoms with Gasteiger partial charge in [-0.05, 0) is 101 Å². The van der Waals surface area contributed by atoms with Crippen molar-refractivity contribution >= 4 is 23.4 Å². The Balaban J connectivity index is 1.50. The van der Waals surface area contributed by atoms with Crippen LogP contribution >= 0.6 is 0 Å². The Morgan fingerprint density at radius 3 is 2.27 bits per heavy atom. The molecular weight excluding hydrogens is 823 g/mol. The van der Waals surface area contributed by atoms with E-state index in [2.05, 4.69) is 0 Å². The summed E-state index contributed by atoms with van der Waals surface area (Å²) in [6.07, 6.45) is 9.33. The molecule has 360 valence electrons. The van der Waals surface area contributed by atoms with Crippen molar-refractivity contribution in [3.05, 3.63) is 47.6 Å². The van der Waals surface area contributed by atoms with Gasteiger partial charge in [0, 0.05) is 64.4 Å². The van der Waals surface area contributed by atoms with Crippen LogP contribution in [0.25, 0.3) is 0 Å². The minimum atomic E-state index is -2.24. The number of rotatable bonds is 5. The molecule has 3 saturated heterocycles. The zero-order chi connectivity index (χ0) is 47.0. The van der Waals surface area contributed by atoms with E-state index in [1.807, 2.05) is 51.2 Å². The lowest BCUT2D eigenvalue weighted by molar-refractivity contribution is -0.317. The predicted molar refractivity (Wildman–Crippen MR) is 239 cm³/mol. The number of Topliss-reactive ketones (excluding diaryl/α,β-unsaturated/α-hetero) is 2. The molecule has 4 aliphatic heterocycles. The SMILES string of the molecule is CO[C@H]1C[C@@H]2CC[C@@H](C)[C@@](O)(O2)[C@H](O)C(=O)N2CCC[C@@H]3C(C[C@@H]4CC[C@@H](O)[C@H](OC)C4)[C@H](CC(=O)C(C)/C=C(\C)[C@@H](O)[C@@H](OC)C(=O)[C@H](C)CC(C)/C=C/C=C/C=C/1C)OC(=O)[C@H]32. The van der Waals surface area contributed by atoms with Gasteiger partial charge in [0.15, 0.2) is 11.9 Å². The molecule has 5 rings (SSSR count). The molecule has 4 heterocycles. The van der Waals surface area contributed by atoms with Crippen molar-refractivity contribution in [3.8, 4) is 0 Å². The summed E-state index contributed by atoms with van der Waals surface area (Å²) < 4.78 is 29.6. The van der Waals surface area contributed by atoms with Gasteiger partial charge in [0.1, 0.15) is 30.1 Å². The van der Waals surface area contributed by atoms with E-state index in [0.29, 0.717) is 69.8 Å². The fraction of sp³-hybridized carbons (Fsp3) is 0.760. The minimum absolute atomic E-state index is 0.0302. The van der Waals surface area contributed by atoms with Crippen LogP contribution in [0, 0.1) is 41.4 Å². The number of hydrogen-bond donors (Lipinski definition) is 4. The van der Waals surface area contributed by atoms with Crippen molar-refractivity contribution in [3.63, 3.8) is 0 Å². The molecule has 14 nitrogen and oxygen atoms in total. The topological polar surface area (TPSA) is 199 Å². The maximum absolute atomic E-state index is 14.5. The highest BCUT2D eigenvalue weighted by Gasteiger charge is 2.57. The number of nitrogens with zero attached hydrogens (tertiary/aromatic N) is 1. The number of carbonyl (C=O) groups excluding carboxylic acids is 4. The maximum Gasteiger partial charge on any atom is 0.329 e. The van der Waals surface area contributed by atoms with E-state index in [4.69, 9.17) is 23.7 Å². The smallest absolute Gasteiger partial charge is 0.329 e. The molecule has 0 spiro atoms. The van der Waals surface area contributed by atoms with E-state index < -0.39 is 84.0 Å². The highest BCUT2D eigenvalue weighted by Crippen LogP contribution is 2.46. The normalized spacial score (nSPS) is 44.3. The molecule has 0 aromatic heterocycles. The Labute approximate surface area is 380 Å². The van der Waals surface area contributed by atoms with Gasteiger partial charge in [0.25, 0.3) is 5.91 Å². The summed E-state index contributed by atoms with van der Waals surface area (Å²) in [7, 11) is 4.56. The first-order valence-corrected chi connectivity index (χ1v) is 23.6. The Morgan fingerprint density at radius 1 is 0.844 bits per heavy atom. The van der Waals surface area contributed by atoms with Crippen molar-refractivity contribution in [1.82, 2.24) is 4.90 Å². The third-order valence-corrected chi connectivity index (χ3v) is 15.1. The Bertz CT molecular complexity index is 1740. The van der Waals surface area contributed by atoms with Crippen LogP contribution in [-0.2, 0) is 42.9 Å². The van der Waals surface area contributed by atoms with E-state index in [9.17, 15) is 39.6 Å². The largest absolute Gasteiger partial charge is 0.460 e. The lowest BCUT2D eigenvalue weighted by Crippen LogP contribution is -2.66. The molecule has 0 aromatic rings. The number of piperidine rings is 1. The van der Waals surface area contributed by atoms with Gasteiger partial charge in [-0.2, -0.15) is 0 Å². The molecule has 14 heteroatoms. The number of ketones is 2. The summed E-state index contributed by atoms with van der Waals surface area (Å²) in [5.74, 6) is -6.64. The van der Waals surface area contributed by atoms with Crippen LogP contribution < -0.4 is 0 Å². The number of methoxy groups -OCH3 is 3. The number of amides is 1. The number of carbonyl (C=O) groups is 4. The fourth-order valence-electron chi connectivity index (χ4n) is 11.1. The summed E-state index contributed by atoms with van der Waals surface area (Å²) in [4.78, 5) is 58.0. The number of aliphatic hydroxyl groups excluding tert-OH is 3. The summed E-state index contributed by atoms with van der Waals surface area (Å²) >= 11 is 0. The lowest BCUT2D eigenvalue weighted by Gasteiger charge is -2.51. The molecule has 4 N–H and O–H groups in total. The second-order valence-electron chi connectivity index (χ2n) is 19.7. The second-order valence-corrected chi connectivity index (χ2v) is 19.7. The molecule has 4 fully saturated rings. The number of ether oxygens (including phenoxy) is 5. The molecule has 4 bridgehead atoms. The lowest BCUT2D eigenvalue weighted by atomic mass is 9.68. The van der Waals surface area contributed by atoms with E-state index in [1.165, 1.54) is 12.0 Å². The Hall–Kier alpha value is -3.08. The monoisotopic (exact) mass is 900 g/mol. The van der Waals surface area contributed by atoms with Crippen LogP contribution in [0.5, 0.6) is 0 Å². The van der Waals surface area contributed by atoms with Crippen molar-refractivity contribution < 1.29 is 63.3 Å². The van der Waals surface area contributed by atoms with Crippen LogP contribution in [0.15, 0.2) is 47.6 Å². The van der Waals surface area contributed by atoms with Gasteiger partial charge < -0.3 is 49.0 Å². The second kappa shape index (κ2) is 23.1. The number of aliphatic hydroxyl groups is 4. The maximum atomic E-state index is 14.5. The average molecular weight is 900 g/mol. The van der Waals surface area contributed by atoms with Crippen molar-refractivity contribution in [1.29, 1.82) is 0 Å².